The first-order valence-electron chi connectivity index (χ1n) is 10.7. The van der Waals surface area contributed by atoms with Gasteiger partial charge in [-0.3, -0.25) is 9.59 Å². The van der Waals surface area contributed by atoms with Crippen molar-refractivity contribution in [3.05, 3.63) is 40.7 Å². The quantitative estimate of drug-likeness (QED) is 0.701. The van der Waals surface area contributed by atoms with E-state index in [1.807, 2.05) is 32.6 Å². The molecule has 1 fully saturated rings. The standard InChI is InChI=1S/C23H31N3O5S/c1-15-12-18(24-20(27)17-9-7-11-30-17)32-19(15)21(28)26-10-6-8-16(14-26)13-25(5)22(29)31-23(2,3)4/h7,9,11-12,16H,6,8,10,13-14H2,1-5H3,(H,24,27). The molecule has 2 aromatic rings. The summed E-state index contributed by atoms with van der Waals surface area (Å²) in [4.78, 5) is 41.7. The second-order valence-corrected chi connectivity index (χ2v) is 10.2. The first-order valence-corrected chi connectivity index (χ1v) is 11.5. The number of likely N-dealkylation sites (tertiary alicyclic amines) is 1. The van der Waals surface area contributed by atoms with Crippen LogP contribution in [0.5, 0.6) is 0 Å². The van der Waals surface area contributed by atoms with Crippen LogP contribution in [0.3, 0.4) is 0 Å². The number of nitrogens with one attached hydrogen (secondary N) is 1. The van der Waals surface area contributed by atoms with Gasteiger partial charge in [-0.05, 0) is 70.2 Å². The molecule has 0 spiro atoms. The third-order valence-corrected chi connectivity index (χ3v) is 6.28. The van der Waals surface area contributed by atoms with E-state index in [0.717, 1.165) is 18.4 Å². The molecule has 1 unspecified atom stereocenters. The highest BCUT2D eigenvalue weighted by atomic mass is 32.1. The molecule has 0 aromatic carbocycles. The normalized spacial score (nSPS) is 16.5. The van der Waals surface area contributed by atoms with E-state index < -0.39 is 5.60 Å². The van der Waals surface area contributed by atoms with Crippen LogP contribution in [0.25, 0.3) is 0 Å². The summed E-state index contributed by atoms with van der Waals surface area (Å²) >= 11 is 1.26. The molecule has 1 atom stereocenters. The fourth-order valence-corrected chi connectivity index (χ4v) is 4.72. The average molecular weight is 462 g/mol. The van der Waals surface area contributed by atoms with Crippen LogP contribution in [0, 0.1) is 12.8 Å². The van der Waals surface area contributed by atoms with Gasteiger partial charge in [-0.2, -0.15) is 0 Å². The van der Waals surface area contributed by atoms with Gasteiger partial charge in [0.1, 0.15) is 5.60 Å². The van der Waals surface area contributed by atoms with Crippen LogP contribution in [0.15, 0.2) is 28.9 Å². The largest absolute Gasteiger partial charge is 0.459 e. The molecule has 0 saturated carbocycles. The predicted molar refractivity (Wildman–Crippen MR) is 123 cm³/mol. The molecule has 1 aliphatic rings. The van der Waals surface area contributed by atoms with E-state index in [1.165, 1.54) is 17.6 Å². The number of furan rings is 1. The van der Waals surface area contributed by atoms with Crippen molar-refractivity contribution in [2.45, 2.75) is 46.1 Å². The summed E-state index contributed by atoms with van der Waals surface area (Å²) in [6.07, 6.45) is 2.92. The van der Waals surface area contributed by atoms with Gasteiger partial charge < -0.3 is 24.3 Å². The van der Waals surface area contributed by atoms with Gasteiger partial charge in [-0.1, -0.05) is 0 Å². The van der Waals surface area contributed by atoms with Crippen molar-refractivity contribution in [3.8, 4) is 0 Å². The van der Waals surface area contributed by atoms with Crippen LogP contribution in [-0.2, 0) is 4.74 Å². The number of aryl methyl sites for hydroxylation is 1. The predicted octanol–water partition coefficient (Wildman–Crippen LogP) is 4.62. The van der Waals surface area contributed by atoms with Crippen LogP contribution < -0.4 is 5.32 Å². The Hall–Kier alpha value is -2.81. The number of piperidine rings is 1. The lowest BCUT2D eigenvalue weighted by Gasteiger charge is -2.35. The van der Waals surface area contributed by atoms with E-state index in [2.05, 4.69) is 5.32 Å². The molecule has 0 aliphatic carbocycles. The molecule has 3 rings (SSSR count). The Morgan fingerprint density at radius 3 is 2.75 bits per heavy atom. The molecule has 3 heterocycles. The minimum atomic E-state index is -0.541. The van der Waals surface area contributed by atoms with Crippen LogP contribution >= 0.6 is 11.3 Å². The van der Waals surface area contributed by atoms with Gasteiger partial charge in [-0.25, -0.2) is 4.79 Å². The van der Waals surface area contributed by atoms with Crippen molar-refractivity contribution in [1.29, 1.82) is 0 Å². The summed E-state index contributed by atoms with van der Waals surface area (Å²) in [7, 11) is 1.73. The maximum atomic E-state index is 13.2. The second kappa shape index (κ2) is 9.77. The zero-order valence-electron chi connectivity index (χ0n) is 19.3. The average Bonchev–Trinajstić information content (AvgIpc) is 3.36. The third-order valence-electron chi connectivity index (χ3n) is 5.14. The highest BCUT2D eigenvalue weighted by Crippen LogP contribution is 2.30. The summed E-state index contributed by atoms with van der Waals surface area (Å²) in [5.74, 6) is 0.00889. The summed E-state index contributed by atoms with van der Waals surface area (Å²) in [6, 6.07) is 5.04. The number of ether oxygens (including phenoxy) is 1. The van der Waals surface area contributed by atoms with E-state index in [4.69, 9.17) is 9.15 Å². The maximum absolute atomic E-state index is 13.2. The fraction of sp³-hybridized carbons (Fsp3) is 0.522. The summed E-state index contributed by atoms with van der Waals surface area (Å²) in [5, 5.41) is 3.39. The fourth-order valence-electron chi connectivity index (χ4n) is 3.68. The van der Waals surface area contributed by atoms with Crippen LogP contribution in [0.2, 0.25) is 0 Å². The number of hydrogen-bond donors (Lipinski definition) is 1. The molecule has 174 valence electrons. The van der Waals surface area contributed by atoms with Gasteiger partial charge in [0.25, 0.3) is 11.8 Å². The number of anilines is 1. The number of nitrogens with zero attached hydrogens (tertiary/aromatic N) is 2. The molecule has 2 aromatic heterocycles. The summed E-state index contributed by atoms with van der Waals surface area (Å²) < 4.78 is 10.5. The van der Waals surface area contributed by atoms with E-state index in [-0.39, 0.29) is 29.6 Å². The topological polar surface area (TPSA) is 92.1 Å². The molecular formula is C23H31N3O5S. The number of carbonyl (C=O) groups excluding carboxylic acids is 3. The minimum Gasteiger partial charge on any atom is -0.459 e. The Kier molecular flexibility index (Phi) is 7.28. The van der Waals surface area contributed by atoms with Gasteiger partial charge >= 0.3 is 6.09 Å². The summed E-state index contributed by atoms with van der Waals surface area (Å²) in [5.41, 5.74) is 0.281. The van der Waals surface area contributed by atoms with Crippen molar-refractivity contribution >= 4 is 34.2 Å². The molecule has 32 heavy (non-hydrogen) atoms. The first-order chi connectivity index (χ1) is 15.0. The van der Waals surface area contributed by atoms with Crippen LogP contribution in [0.4, 0.5) is 9.80 Å². The zero-order valence-corrected chi connectivity index (χ0v) is 20.1. The Morgan fingerprint density at radius 1 is 1.34 bits per heavy atom. The number of thiophene rings is 1. The van der Waals surface area contributed by atoms with Crippen LogP contribution in [0.1, 0.15) is 59.4 Å². The smallest absolute Gasteiger partial charge is 0.410 e. The Morgan fingerprint density at radius 2 is 2.09 bits per heavy atom. The molecule has 1 N–H and O–H groups in total. The Labute approximate surface area is 192 Å². The minimum absolute atomic E-state index is 0.0457. The molecule has 1 saturated heterocycles. The lowest BCUT2D eigenvalue weighted by atomic mass is 9.97. The van der Waals surface area contributed by atoms with Crippen molar-refractivity contribution < 1.29 is 23.5 Å². The van der Waals surface area contributed by atoms with Gasteiger partial charge in [0.15, 0.2) is 5.76 Å². The van der Waals surface area contributed by atoms with Gasteiger partial charge in [0.2, 0.25) is 0 Å². The van der Waals surface area contributed by atoms with E-state index in [9.17, 15) is 14.4 Å². The van der Waals surface area contributed by atoms with Crippen LogP contribution in [-0.4, -0.2) is 60.0 Å². The lowest BCUT2D eigenvalue weighted by Crippen LogP contribution is -2.45. The molecule has 9 heteroatoms. The number of hydrogen-bond acceptors (Lipinski definition) is 6. The van der Waals surface area contributed by atoms with Gasteiger partial charge in [0.05, 0.1) is 16.1 Å². The van der Waals surface area contributed by atoms with Crippen molar-refractivity contribution in [1.82, 2.24) is 9.80 Å². The molecular weight excluding hydrogens is 430 g/mol. The van der Waals surface area contributed by atoms with Gasteiger partial charge in [0, 0.05) is 26.7 Å². The maximum Gasteiger partial charge on any atom is 0.410 e. The molecule has 0 radical (unpaired) electrons. The van der Waals surface area contributed by atoms with E-state index in [0.29, 0.717) is 29.5 Å². The molecule has 0 bridgehead atoms. The van der Waals surface area contributed by atoms with Crippen molar-refractivity contribution in [2.24, 2.45) is 5.92 Å². The third kappa shape index (κ3) is 6.12. The molecule has 3 amide bonds. The lowest BCUT2D eigenvalue weighted by molar-refractivity contribution is 0.0244. The number of rotatable bonds is 5. The number of amides is 3. The highest BCUT2D eigenvalue weighted by molar-refractivity contribution is 7.18. The van der Waals surface area contributed by atoms with Crippen molar-refractivity contribution in [2.75, 3.05) is 32.0 Å². The van der Waals surface area contributed by atoms with Gasteiger partial charge in [-0.15, -0.1) is 11.3 Å². The SMILES string of the molecule is Cc1cc(NC(=O)c2ccco2)sc1C(=O)N1CCCC(CN(C)C(=O)OC(C)(C)C)C1. The molecule has 8 nitrogen and oxygen atoms in total. The van der Waals surface area contributed by atoms with Crippen molar-refractivity contribution in [3.63, 3.8) is 0 Å². The zero-order chi connectivity index (χ0) is 23.5. The summed E-state index contributed by atoms with van der Waals surface area (Å²) in [6.45, 7) is 9.18. The van der Waals surface area contributed by atoms with E-state index in [1.54, 1.807) is 30.1 Å². The molecule has 1 aliphatic heterocycles. The van der Waals surface area contributed by atoms with E-state index >= 15 is 0 Å². The monoisotopic (exact) mass is 461 g/mol. The highest BCUT2D eigenvalue weighted by Gasteiger charge is 2.29. The Balaban J connectivity index is 1.60. The first kappa shape index (κ1) is 23.8. The number of carbonyl (C=O) groups is 3. The second-order valence-electron chi connectivity index (χ2n) is 9.17. The Bertz CT molecular complexity index is 961.